The molecule has 0 saturated heterocycles. The van der Waals surface area contributed by atoms with E-state index >= 15 is 0 Å². The standard InChI is InChI=1S/Cu.N3.Pb.2H/c;1-3-2;;;/q+1;-1;;;. The fourth-order valence-electron chi connectivity index (χ4n) is 0. The zero-order valence-electron chi connectivity index (χ0n) is 2.35. The molecule has 0 atom stereocenters. The summed E-state index contributed by atoms with van der Waals surface area (Å²) in [6, 6.07) is 0. The zero-order valence-corrected chi connectivity index (χ0v) is 8.79. The summed E-state index contributed by atoms with van der Waals surface area (Å²) in [4.78, 5) is 2.17. The normalized spacial score (nSPS) is 3.60. The van der Waals surface area contributed by atoms with Gasteiger partial charge in [0.15, 0.2) is 0 Å². The minimum atomic E-state index is 0. The van der Waals surface area contributed by atoms with Gasteiger partial charge < -0.3 is 0 Å². The van der Waals surface area contributed by atoms with Crippen LogP contribution < -0.4 is 0 Å². The van der Waals surface area contributed by atoms with Crippen molar-refractivity contribution in [2.75, 3.05) is 0 Å². The molecule has 0 amide bonds. The van der Waals surface area contributed by atoms with Crippen molar-refractivity contribution >= 4 is 27.3 Å². The van der Waals surface area contributed by atoms with Gasteiger partial charge >= 0.3 is 58.1 Å². The average molecular weight is 315 g/mol. The van der Waals surface area contributed by atoms with Gasteiger partial charge in [-0.2, -0.15) is 0 Å². The molecule has 0 aromatic carbocycles. The summed E-state index contributed by atoms with van der Waals surface area (Å²) >= 11 is 3.88. The minimum absolute atomic E-state index is 0. The monoisotopic (exact) mass is 315 g/mol. The Bertz CT molecular complexity index is 44.9. The Morgan fingerprint density at radius 2 is 2.00 bits per heavy atom. The summed E-state index contributed by atoms with van der Waals surface area (Å²) in [5, 5.41) is 0. The molecule has 3 nitrogen and oxygen atoms in total. The van der Waals surface area contributed by atoms with Crippen molar-refractivity contribution < 1.29 is 16.2 Å². The second-order valence-electron chi connectivity index (χ2n) is 0.150. The Morgan fingerprint density at radius 1 is 1.80 bits per heavy atom. The molecule has 2 radical (unpaired) electrons. The molecule has 0 aliphatic rings. The number of hydrogen-bond acceptors (Lipinski definition) is 1. The quantitative estimate of drug-likeness (QED) is 0.258. The van der Waals surface area contributed by atoms with Gasteiger partial charge in [-0.15, -0.1) is 0 Å². The van der Waals surface area contributed by atoms with Crippen molar-refractivity contribution in [2.24, 2.45) is 4.13 Å². The molecular weight excluding hydrogens is 313 g/mol. The van der Waals surface area contributed by atoms with E-state index < -0.39 is 0 Å². The van der Waals surface area contributed by atoms with Gasteiger partial charge in [0.2, 0.25) is 0 Å². The first kappa shape index (κ1) is 9.23. The summed E-state index contributed by atoms with van der Waals surface area (Å²) < 4.78 is 2.48. The Hall–Kier alpha value is 0.752. The predicted octanol–water partition coefficient (Wildman–Crippen LogP) is -0.158. The third kappa shape index (κ3) is 11.7. The van der Waals surface area contributed by atoms with Crippen LogP contribution in [0.2, 0.25) is 0 Å². The van der Waals surface area contributed by atoms with Gasteiger partial charge in [-0.25, -0.2) is 0 Å². The zero-order chi connectivity index (χ0) is 3.41. The van der Waals surface area contributed by atoms with Crippen molar-refractivity contribution in [1.82, 2.24) is 0 Å². The summed E-state index contributed by atoms with van der Waals surface area (Å²) in [5.74, 6) is 0. The molecule has 0 bridgehead atoms. The van der Waals surface area contributed by atoms with E-state index in [1.54, 1.807) is 0 Å². The van der Waals surface area contributed by atoms with Gasteiger partial charge in [-0.05, 0) is 0 Å². The number of nitrogens with zero attached hydrogens (tertiary/aromatic N) is 3. The Balaban J connectivity index is 0. The molecule has 0 unspecified atom stereocenters. The van der Waals surface area contributed by atoms with Crippen LogP contribution in [-0.4, -0.2) is 27.3 Å². The van der Waals surface area contributed by atoms with Crippen molar-refractivity contribution in [3.05, 3.63) is 10.4 Å². The molecule has 0 heterocycles. The van der Waals surface area contributed by atoms with Crippen molar-refractivity contribution in [2.45, 2.75) is 0 Å². The molecule has 0 aliphatic heterocycles. The summed E-state index contributed by atoms with van der Waals surface area (Å²) in [6.07, 6.45) is 0. The molecule has 0 fully saturated rings. The van der Waals surface area contributed by atoms with Gasteiger partial charge in [-0.1, -0.05) is 0 Å². The van der Waals surface area contributed by atoms with Crippen LogP contribution in [0, 0.1) is 0 Å². The average Bonchev–Trinajstić information content (AvgIpc) is 1.37. The second kappa shape index (κ2) is 8.83. The third-order valence-corrected chi connectivity index (χ3v) is 0.111. The fourth-order valence-corrected chi connectivity index (χ4v) is 0. The summed E-state index contributed by atoms with van der Waals surface area (Å²) in [6.45, 7) is 0. The van der Waals surface area contributed by atoms with E-state index in [1.165, 1.54) is 0 Å². The molecule has 5 heteroatoms. The number of azide groups is 1. The fraction of sp³-hybridized carbons (Fsp3) is 0. The van der Waals surface area contributed by atoms with Gasteiger partial charge in [0, 0.05) is 0 Å². The van der Waals surface area contributed by atoms with E-state index in [0.29, 0.717) is 0 Å². The summed E-state index contributed by atoms with van der Waals surface area (Å²) in [7, 11) is 0. The Labute approximate surface area is 57.9 Å². The molecule has 0 aromatic heterocycles. The van der Waals surface area contributed by atoms with E-state index in [2.05, 4.69) is 25.3 Å². The van der Waals surface area contributed by atoms with E-state index in [-0.39, 0.29) is 27.3 Å². The SMILES string of the molecule is [N-]=[N+]=[N][Cu].[PbH2]. The van der Waals surface area contributed by atoms with Crippen LogP contribution >= 0.6 is 0 Å². The maximum atomic E-state index is 7.22. The van der Waals surface area contributed by atoms with Crippen LogP contribution in [0.25, 0.3) is 10.4 Å². The number of rotatable bonds is 0. The molecule has 0 rings (SSSR count). The van der Waals surface area contributed by atoms with Crippen molar-refractivity contribution in [3.8, 4) is 0 Å². The van der Waals surface area contributed by atoms with Gasteiger partial charge in [0.1, 0.15) is 0 Å². The first-order chi connectivity index (χ1) is 1.91. The predicted molar refractivity (Wildman–Crippen MR) is 17.7 cm³/mol. The maximum absolute atomic E-state index is 7.22. The summed E-state index contributed by atoms with van der Waals surface area (Å²) in [5.41, 5.74) is 7.22. The molecular formula is H2CuN3Pb. The number of hydrogen-bond donors (Lipinski definition) is 0. The van der Waals surface area contributed by atoms with E-state index in [4.69, 9.17) is 5.53 Å². The van der Waals surface area contributed by atoms with Gasteiger partial charge in [0.05, 0.1) is 0 Å². The van der Waals surface area contributed by atoms with E-state index in [0.717, 1.165) is 0 Å². The van der Waals surface area contributed by atoms with Crippen molar-refractivity contribution in [3.63, 3.8) is 0 Å². The van der Waals surface area contributed by atoms with Gasteiger partial charge in [-0.3, -0.25) is 0 Å². The molecule has 0 saturated carbocycles. The first-order valence-corrected chi connectivity index (χ1v) is 0.956. The van der Waals surface area contributed by atoms with Crippen LogP contribution in [0.5, 0.6) is 0 Å². The van der Waals surface area contributed by atoms with Gasteiger partial charge in [0.25, 0.3) is 0 Å². The molecule has 0 spiro atoms. The van der Waals surface area contributed by atoms with Crippen LogP contribution in [0.15, 0.2) is 4.13 Å². The third-order valence-electron chi connectivity index (χ3n) is 0.0270. The Kier molecular flexibility index (Phi) is 16.3. The molecule has 0 N–H and O–H groups in total. The molecule has 32 valence electrons. The molecule has 0 aromatic rings. The van der Waals surface area contributed by atoms with Crippen molar-refractivity contribution in [1.29, 1.82) is 0 Å². The molecule has 5 heavy (non-hydrogen) atoms. The van der Waals surface area contributed by atoms with E-state index in [1.807, 2.05) is 0 Å². The van der Waals surface area contributed by atoms with E-state index in [9.17, 15) is 0 Å². The first-order valence-electron chi connectivity index (χ1n) is 0.535. The Morgan fingerprint density at radius 3 is 2.00 bits per heavy atom. The molecule has 0 aliphatic carbocycles. The van der Waals surface area contributed by atoms with Crippen LogP contribution in [0.1, 0.15) is 0 Å². The van der Waals surface area contributed by atoms with Crippen LogP contribution in [0.3, 0.4) is 0 Å². The topological polar surface area (TPSA) is 48.8 Å². The van der Waals surface area contributed by atoms with Crippen LogP contribution in [-0.2, 0) is 16.2 Å². The second-order valence-corrected chi connectivity index (χ2v) is 0.338. The van der Waals surface area contributed by atoms with Crippen LogP contribution in [0.4, 0.5) is 0 Å².